The highest BCUT2D eigenvalue weighted by Gasteiger charge is 2.22. The monoisotopic (exact) mass is 294 g/mol. The van der Waals surface area contributed by atoms with Gasteiger partial charge in [0.05, 0.1) is 4.92 Å². The first-order valence-electron chi connectivity index (χ1n) is 6.79. The van der Waals surface area contributed by atoms with E-state index in [1.54, 1.807) is 11.9 Å². The summed E-state index contributed by atoms with van der Waals surface area (Å²) in [5, 5.41) is 20.2. The fourth-order valence-corrected chi connectivity index (χ4v) is 2.42. The highest BCUT2D eigenvalue weighted by atomic mass is 16.6. The normalized spacial score (nSPS) is 15.7. The highest BCUT2D eigenvalue weighted by molar-refractivity contribution is 5.95. The van der Waals surface area contributed by atoms with Crippen LogP contribution in [0.4, 0.5) is 5.69 Å². The predicted molar refractivity (Wildman–Crippen MR) is 75.3 cm³/mol. The Hall–Kier alpha value is -2.15. The zero-order chi connectivity index (χ0) is 15.4. The van der Waals surface area contributed by atoms with Crippen LogP contribution < -0.4 is 0 Å². The lowest BCUT2D eigenvalue weighted by atomic mass is 9.99. The van der Waals surface area contributed by atoms with Crippen LogP contribution in [0.1, 0.15) is 23.2 Å². The molecular formula is C14H18N2O5. The molecule has 0 radical (unpaired) electrons. The van der Waals surface area contributed by atoms with Crippen molar-refractivity contribution in [2.75, 3.05) is 26.8 Å². The van der Waals surface area contributed by atoms with E-state index in [2.05, 4.69) is 0 Å². The molecule has 1 aromatic carbocycles. The number of hydrogen-bond donors (Lipinski definition) is 1. The van der Waals surface area contributed by atoms with Gasteiger partial charge in [-0.1, -0.05) is 0 Å². The van der Waals surface area contributed by atoms with Crippen molar-refractivity contribution in [3.63, 3.8) is 0 Å². The quantitative estimate of drug-likeness (QED) is 0.675. The van der Waals surface area contributed by atoms with Gasteiger partial charge in [0.25, 0.3) is 5.91 Å². The number of phenolic OH excluding ortho intramolecular Hbond substituents is 1. The van der Waals surface area contributed by atoms with E-state index in [0.29, 0.717) is 25.7 Å². The maximum Gasteiger partial charge on any atom is 0.311 e. The minimum atomic E-state index is -0.704. The number of nitrogens with zero attached hydrogens (tertiary/aromatic N) is 2. The number of nitro groups is 1. The van der Waals surface area contributed by atoms with Crippen molar-refractivity contribution in [3.05, 3.63) is 33.9 Å². The van der Waals surface area contributed by atoms with E-state index in [1.165, 1.54) is 12.1 Å². The standard InChI is InChI=1S/C14H18N2O5/c1-15(9-10-4-6-21-7-5-10)14(18)11-2-3-13(17)12(8-11)16(19)20/h2-3,8,10,17H,4-7,9H2,1H3. The largest absolute Gasteiger partial charge is 0.502 e. The fraction of sp³-hybridized carbons (Fsp3) is 0.500. The van der Waals surface area contributed by atoms with Crippen LogP contribution in [-0.2, 0) is 4.74 Å². The number of benzene rings is 1. The summed E-state index contributed by atoms with van der Waals surface area (Å²) in [5.74, 6) is -0.340. The molecule has 1 aromatic rings. The molecule has 0 bridgehead atoms. The van der Waals surface area contributed by atoms with E-state index in [0.717, 1.165) is 18.9 Å². The molecule has 1 heterocycles. The molecule has 2 rings (SSSR count). The van der Waals surface area contributed by atoms with Gasteiger partial charge >= 0.3 is 5.69 Å². The second kappa shape index (κ2) is 6.53. The average molecular weight is 294 g/mol. The Kier molecular flexibility index (Phi) is 4.74. The molecule has 1 N–H and O–H groups in total. The third kappa shape index (κ3) is 3.69. The third-order valence-corrected chi connectivity index (χ3v) is 3.64. The molecular weight excluding hydrogens is 276 g/mol. The molecule has 0 spiro atoms. The Morgan fingerprint density at radius 3 is 2.76 bits per heavy atom. The van der Waals surface area contributed by atoms with Crippen molar-refractivity contribution >= 4 is 11.6 Å². The number of ether oxygens (including phenoxy) is 1. The van der Waals surface area contributed by atoms with Crippen molar-refractivity contribution in [1.29, 1.82) is 0 Å². The number of carbonyl (C=O) groups is 1. The summed E-state index contributed by atoms with van der Waals surface area (Å²) >= 11 is 0. The fourth-order valence-electron chi connectivity index (χ4n) is 2.42. The summed E-state index contributed by atoms with van der Waals surface area (Å²) in [5.41, 5.74) is -0.255. The van der Waals surface area contributed by atoms with E-state index >= 15 is 0 Å². The average Bonchev–Trinajstić information content (AvgIpc) is 2.47. The van der Waals surface area contributed by atoms with Gasteiger partial charge in [0.2, 0.25) is 0 Å². The Morgan fingerprint density at radius 2 is 2.14 bits per heavy atom. The van der Waals surface area contributed by atoms with Gasteiger partial charge in [-0.15, -0.1) is 0 Å². The van der Waals surface area contributed by atoms with Crippen LogP contribution in [0.2, 0.25) is 0 Å². The smallest absolute Gasteiger partial charge is 0.311 e. The lowest BCUT2D eigenvalue weighted by Crippen LogP contribution is -2.34. The Labute approximate surface area is 122 Å². The van der Waals surface area contributed by atoms with Gasteiger partial charge in [-0.2, -0.15) is 0 Å². The summed E-state index contributed by atoms with van der Waals surface area (Å²) in [6.07, 6.45) is 1.82. The number of aromatic hydroxyl groups is 1. The number of nitro benzene ring substituents is 1. The molecule has 1 saturated heterocycles. The molecule has 1 fully saturated rings. The second-order valence-corrected chi connectivity index (χ2v) is 5.20. The lowest BCUT2D eigenvalue weighted by Gasteiger charge is -2.27. The summed E-state index contributed by atoms with van der Waals surface area (Å²) < 4.78 is 5.28. The molecule has 1 aliphatic rings. The lowest BCUT2D eigenvalue weighted by molar-refractivity contribution is -0.385. The molecule has 0 saturated carbocycles. The van der Waals surface area contributed by atoms with Crippen molar-refractivity contribution in [1.82, 2.24) is 4.90 Å². The number of amides is 1. The molecule has 0 atom stereocenters. The number of phenols is 1. The number of carbonyl (C=O) groups excluding carboxylic acids is 1. The first kappa shape index (κ1) is 15.2. The minimum absolute atomic E-state index is 0.203. The molecule has 0 aromatic heterocycles. The molecule has 7 heteroatoms. The second-order valence-electron chi connectivity index (χ2n) is 5.20. The van der Waals surface area contributed by atoms with Crippen LogP contribution in [0.3, 0.4) is 0 Å². The summed E-state index contributed by atoms with van der Waals surface area (Å²) in [6.45, 7) is 2.01. The van der Waals surface area contributed by atoms with Gasteiger partial charge in [-0.3, -0.25) is 14.9 Å². The molecule has 114 valence electrons. The van der Waals surface area contributed by atoms with Gasteiger partial charge in [0.15, 0.2) is 5.75 Å². The van der Waals surface area contributed by atoms with E-state index in [-0.39, 0.29) is 11.5 Å². The van der Waals surface area contributed by atoms with Gasteiger partial charge in [-0.25, -0.2) is 0 Å². The zero-order valence-corrected chi connectivity index (χ0v) is 11.8. The van der Waals surface area contributed by atoms with Crippen LogP contribution in [0.15, 0.2) is 18.2 Å². The van der Waals surface area contributed by atoms with Crippen molar-refractivity contribution < 1.29 is 19.6 Å². The SMILES string of the molecule is CN(CC1CCOCC1)C(=O)c1ccc(O)c([N+](=O)[O-])c1. The van der Waals surface area contributed by atoms with Gasteiger partial charge in [0.1, 0.15) is 0 Å². The summed E-state index contributed by atoms with van der Waals surface area (Å²) in [4.78, 5) is 23.9. The molecule has 7 nitrogen and oxygen atoms in total. The first-order chi connectivity index (χ1) is 9.99. The zero-order valence-electron chi connectivity index (χ0n) is 11.8. The third-order valence-electron chi connectivity index (χ3n) is 3.64. The molecule has 1 aliphatic heterocycles. The predicted octanol–water partition coefficient (Wildman–Crippen LogP) is 1.80. The van der Waals surface area contributed by atoms with E-state index in [9.17, 15) is 20.0 Å². The van der Waals surface area contributed by atoms with E-state index < -0.39 is 16.4 Å². The van der Waals surface area contributed by atoms with Gasteiger partial charge in [0, 0.05) is 38.4 Å². The number of hydrogen-bond acceptors (Lipinski definition) is 5. The first-order valence-corrected chi connectivity index (χ1v) is 6.79. The molecule has 1 amide bonds. The van der Waals surface area contributed by atoms with Crippen LogP contribution in [0.25, 0.3) is 0 Å². The molecule has 21 heavy (non-hydrogen) atoms. The Morgan fingerprint density at radius 1 is 1.48 bits per heavy atom. The maximum absolute atomic E-state index is 12.3. The van der Waals surface area contributed by atoms with Crippen molar-refractivity contribution in [3.8, 4) is 5.75 Å². The van der Waals surface area contributed by atoms with E-state index in [1.807, 2.05) is 0 Å². The Bertz CT molecular complexity index is 540. The van der Waals surface area contributed by atoms with E-state index in [4.69, 9.17) is 4.74 Å². The highest BCUT2D eigenvalue weighted by Crippen LogP contribution is 2.27. The van der Waals surface area contributed by atoms with Crippen LogP contribution in [0.5, 0.6) is 5.75 Å². The van der Waals surface area contributed by atoms with Crippen LogP contribution in [-0.4, -0.2) is 47.6 Å². The Balaban J connectivity index is 2.08. The van der Waals surface area contributed by atoms with Gasteiger partial charge in [-0.05, 0) is 30.9 Å². The van der Waals surface area contributed by atoms with Crippen molar-refractivity contribution in [2.45, 2.75) is 12.8 Å². The summed E-state index contributed by atoms with van der Waals surface area (Å²) in [6, 6.07) is 3.68. The number of rotatable bonds is 4. The van der Waals surface area contributed by atoms with Crippen LogP contribution >= 0.6 is 0 Å². The maximum atomic E-state index is 12.3. The van der Waals surface area contributed by atoms with Crippen molar-refractivity contribution in [2.24, 2.45) is 5.92 Å². The molecule has 0 aliphatic carbocycles. The van der Waals surface area contributed by atoms with Crippen LogP contribution in [0, 0.1) is 16.0 Å². The minimum Gasteiger partial charge on any atom is -0.502 e. The molecule has 0 unspecified atom stereocenters. The summed E-state index contributed by atoms with van der Waals surface area (Å²) in [7, 11) is 1.68. The topological polar surface area (TPSA) is 92.9 Å². The van der Waals surface area contributed by atoms with Gasteiger partial charge < -0.3 is 14.7 Å².